The number of aromatic nitrogens is 1. The maximum Gasteiger partial charge on any atom is 0.258 e. The molecule has 0 unspecified atom stereocenters. The van der Waals surface area contributed by atoms with Crippen molar-refractivity contribution in [3.8, 4) is 0 Å². The van der Waals surface area contributed by atoms with Gasteiger partial charge in [0.15, 0.2) is 0 Å². The number of halogens is 1. The summed E-state index contributed by atoms with van der Waals surface area (Å²) < 4.78 is 13.3. The normalized spacial score (nSPS) is 10.7. The van der Waals surface area contributed by atoms with Crippen LogP contribution in [0.25, 0.3) is 0 Å². The predicted molar refractivity (Wildman–Crippen MR) is 81.9 cm³/mol. The number of carbonyl (C=O) groups excluding carboxylic acids is 1. The standard InChI is InChI=1S/C16H18FN3O/c1-10(2)14-7-11(8-15(18)19-14)16(21)20(3)13-6-4-5-12(17)9-13/h4-10H,1-3H3,(H2,18,19). The first-order valence-electron chi connectivity index (χ1n) is 6.69. The molecule has 2 N–H and O–H groups in total. The van der Waals surface area contributed by atoms with Crippen LogP contribution < -0.4 is 10.6 Å². The highest BCUT2D eigenvalue weighted by Gasteiger charge is 2.16. The molecule has 0 saturated carbocycles. The van der Waals surface area contributed by atoms with E-state index in [1.165, 1.54) is 23.1 Å². The molecular weight excluding hydrogens is 269 g/mol. The fourth-order valence-electron chi connectivity index (χ4n) is 1.99. The maximum atomic E-state index is 13.3. The summed E-state index contributed by atoms with van der Waals surface area (Å²) in [5.74, 6) is -0.169. The van der Waals surface area contributed by atoms with Gasteiger partial charge in [-0.05, 0) is 36.2 Å². The third-order valence-electron chi connectivity index (χ3n) is 3.20. The van der Waals surface area contributed by atoms with Crippen LogP contribution in [0.15, 0.2) is 36.4 Å². The molecule has 5 heteroatoms. The van der Waals surface area contributed by atoms with Gasteiger partial charge in [0.25, 0.3) is 5.91 Å². The molecule has 1 aromatic heterocycles. The Kier molecular flexibility index (Phi) is 4.21. The van der Waals surface area contributed by atoms with Crippen molar-refractivity contribution in [3.63, 3.8) is 0 Å². The molecule has 0 spiro atoms. The lowest BCUT2D eigenvalue weighted by molar-refractivity contribution is 0.0993. The summed E-state index contributed by atoms with van der Waals surface area (Å²) in [6.07, 6.45) is 0. The number of hydrogen-bond donors (Lipinski definition) is 1. The number of carbonyl (C=O) groups is 1. The van der Waals surface area contributed by atoms with E-state index in [0.717, 1.165) is 5.69 Å². The number of benzene rings is 1. The molecule has 1 heterocycles. The van der Waals surface area contributed by atoms with Crippen molar-refractivity contribution in [3.05, 3.63) is 53.5 Å². The van der Waals surface area contributed by atoms with Gasteiger partial charge in [-0.15, -0.1) is 0 Å². The van der Waals surface area contributed by atoms with Crippen LogP contribution in [0.1, 0.15) is 35.8 Å². The Morgan fingerprint density at radius 1 is 1.29 bits per heavy atom. The number of nitrogens with two attached hydrogens (primary N) is 1. The fourth-order valence-corrected chi connectivity index (χ4v) is 1.99. The number of pyridine rings is 1. The van der Waals surface area contributed by atoms with Crippen molar-refractivity contribution in [1.82, 2.24) is 4.98 Å². The van der Waals surface area contributed by atoms with Crippen LogP contribution in [-0.2, 0) is 0 Å². The molecule has 2 aromatic rings. The van der Waals surface area contributed by atoms with Gasteiger partial charge < -0.3 is 10.6 Å². The Hall–Kier alpha value is -2.43. The number of hydrogen-bond acceptors (Lipinski definition) is 3. The molecule has 0 radical (unpaired) electrons. The van der Waals surface area contributed by atoms with Crippen LogP contribution in [0.4, 0.5) is 15.9 Å². The third kappa shape index (κ3) is 3.37. The Morgan fingerprint density at radius 2 is 2.00 bits per heavy atom. The smallest absolute Gasteiger partial charge is 0.258 e. The van der Waals surface area contributed by atoms with E-state index in [4.69, 9.17) is 5.73 Å². The molecule has 2 rings (SSSR count). The van der Waals surface area contributed by atoms with E-state index in [0.29, 0.717) is 17.1 Å². The summed E-state index contributed by atoms with van der Waals surface area (Å²) in [5, 5.41) is 0. The number of nitrogens with zero attached hydrogens (tertiary/aromatic N) is 2. The molecular formula is C16H18FN3O. The Balaban J connectivity index is 2.35. The Bertz CT molecular complexity index is 670. The van der Waals surface area contributed by atoms with Crippen LogP contribution in [0.2, 0.25) is 0 Å². The summed E-state index contributed by atoms with van der Waals surface area (Å²) in [6.45, 7) is 3.96. The quantitative estimate of drug-likeness (QED) is 0.943. The molecule has 110 valence electrons. The second kappa shape index (κ2) is 5.91. The summed E-state index contributed by atoms with van der Waals surface area (Å²) in [7, 11) is 1.60. The summed E-state index contributed by atoms with van der Waals surface area (Å²) in [5.41, 5.74) is 7.44. The number of amides is 1. The van der Waals surface area contributed by atoms with E-state index < -0.39 is 0 Å². The first kappa shape index (κ1) is 15.0. The van der Waals surface area contributed by atoms with Gasteiger partial charge in [0.05, 0.1) is 0 Å². The van der Waals surface area contributed by atoms with Crippen molar-refractivity contribution >= 4 is 17.4 Å². The molecule has 1 amide bonds. The second-order valence-electron chi connectivity index (χ2n) is 5.20. The van der Waals surface area contributed by atoms with E-state index in [-0.39, 0.29) is 17.6 Å². The van der Waals surface area contributed by atoms with Gasteiger partial charge >= 0.3 is 0 Å². The SMILES string of the molecule is CC(C)c1cc(C(=O)N(C)c2cccc(F)c2)cc(N)n1. The van der Waals surface area contributed by atoms with Crippen molar-refractivity contribution < 1.29 is 9.18 Å². The van der Waals surface area contributed by atoms with E-state index in [9.17, 15) is 9.18 Å². The van der Waals surface area contributed by atoms with E-state index in [1.807, 2.05) is 13.8 Å². The zero-order valence-electron chi connectivity index (χ0n) is 12.3. The van der Waals surface area contributed by atoms with Gasteiger partial charge in [0.2, 0.25) is 0 Å². The van der Waals surface area contributed by atoms with Crippen LogP contribution in [0.3, 0.4) is 0 Å². The third-order valence-corrected chi connectivity index (χ3v) is 3.20. The highest BCUT2D eigenvalue weighted by molar-refractivity contribution is 6.06. The van der Waals surface area contributed by atoms with Gasteiger partial charge in [0.1, 0.15) is 11.6 Å². The first-order chi connectivity index (χ1) is 9.88. The molecule has 0 bridgehead atoms. The van der Waals surface area contributed by atoms with Gasteiger partial charge in [0, 0.05) is 24.0 Å². The largest absolute Gasteiger partial charge is 0.384 e. The molecule has 0 aliphatic carbocycles. The average molecular weight is 287 g/mol. The second-order valence-corrected chi connectivity index (χ2v) is 5.20. The molecule has 1 aromatic carbocycles. The summed E-state index contributed by atoms with van der Waals surface area (Å²) in [6, 6.07) is 9.14. The minimum absolute atomic E-state index is 0.166. The van der Waals surface area contributed by atoms with E-state index in [1.54, 1.807) is 25.2 Å². The molecule has 0 atom stereocenters. The molecule has 0 aliphatic rings. The molecule has 21 heavy (non-hydrogen) atoms. The van der Waals surface area contributed by atoms with Crippen LogP contribution in [0.5, 0.6) is 0 Å². The molecule has 4 nitrogen and oxygen atoms in total. The van der Waals surface area contributed by atoms with Gasteiger partial charge in [-0.25, -0.2) is 9.37 Å². The lowest BCUT2D eigenvalue weighted by Gasteiger charge is -2.18. The lowest BCUT2D eigenvalue weighted by atomic mass is 10.1. The van der Waals surface area contributed by atoms with E-state index in [2.05, 4.69) is 4.98 Å². The maximum absolute atomic E-state index is 13.3. The minimum Gasteiger partial charge on any atom is -0.384 e. The van der Waals surface area contributed by atoms with Gasteiger partial charge in [-0.2, -0.15) is 0 Å². The van der Waals surface area contributed by atoms with Crippen molar-refractivity contribution in [2.75, 3.05) is 17.7 Å². The number of rotatable bonds is 3. The lowest BCUT2D eigenvalue weighted by Crippen LogP contribution is -2.26. The van der Waals surface area contributed by atoms with Crippen LogP contribution >= 0.6 is 0 Å². The Morgan fingerprint density at radius 3 is 2.62 bits per heavy atom. The zero-order valence-corrected chi connectivity index (χ0v) is 12.3. The number of nitrogen functional groups attached to an aromatic ring is 1. The highest BCUT2D eigenvalue weighted by Crippen LogP contribution is 2.20. The van der Waals surface area contributed by atoms with E-state index >= 15 is 0 Å². The van der Waals surface area contributed by atoms with Crippen LogP contribution in [0, 0.1) is 5.82 Å². The van der Waals surface area contributed by atoms with Crippen molar-refractivity contribution in [2.45, 2.75) is 19.8 Å². The fraction of sp³-hybridized carbons (Fsp3) is 0.250. The first-order valence-corrected chi connectivity index (χ1v) is 6.69. The monoisotopic (exact) mass is 287 g/mol. The minimum atomic E-state index is -0.385. The summed E-state index contributed by atoms with van der Waals surface area (Å²) in [4.78, 5) is 18.1. The number of anilines is 2. The van der Waals surface area contributed by atoms with Crippen LogP contribution in [-0.4, -0.2) is 17.9 Å². The zero-order chi connectivity index (χ0) is 15.6. The molecule has 0 fully saturated rings. The van der Waals surface area contributed by atoms with Crippen molar-refractivity contribution in [2.24, 2.45) is 0 Å². The Labute approximate surface area is 123 Å². The average Bonchev–Trinajstić information content (AvgIpc) is 2.45. The predicted octanol–water partition coefficient (Wildman–Crippen LogP) is 3.20. The molecule has 0 saturated heterocycles. The topological polar surface area (TPSA) is 59.2 Å². The van der Waals surface area contributed by atoms with Gasteiger partial charge in [-0.3, -0.25) is 4.79 Å². The van der Waals surface area contributed by atoms with Gasteiger partial charge in [-0.1, -0.05) is 19.9 Å². The molecule has 0 aliphatic heterocycles. The van der Waals surface area contributed by atoms with Crippen molar-refractivity contribution in [1.29, 1.82) is 0 Å². The highest BCUT2D eigenvalue weighted by atomic mass is 19.1. The summed E-state index contributed by atoms with van der Waals surface area (Å²) >= 11 is 0.